The second-order valence-electron chi connectivity index (χ2n) is 3.38. The summed E-state index contributed by atoms with van der Waals surface area (Å²) in [6.45, 7) is 0. The number of carboxylic acid groups (broad SMARTS) is 1. The lowest BCUT2D eigenvalue weighted by atomic mass is 10.1. The maximum absolute atomic E-state index is 11.0. The van der Waals surface area contributed by atoms with Crippen molar-refractivity contribution in [2.75, 3.05) is 19.0 Å². The maximum Gasteiger partial charge on any atom is 0.336 e. The number of fused-ring (bicyclic) bond motifs is 1. The van der Waals surface area contributed by atoms with Gasteiger partial charge in [-0.15, -0.1) is 0 Å². The van der Waals surface area contributed by atoms with Crippen LogP contribution < -0.4 is 4.90 Å². The van der Waals surface area contributed by atoms with Crippen molar-refractivity contribution in [3.05, 3.63) is 23.8 Å². The van der Waals surface area contributed by atoms with E-state index in [9.17, 15) is 4.79 Å². The second-order valence-corrected chi connectivity index (χ2v) is 3.38. The quantitative estimate of drug-likeness (QED) is 0.808. The number of nitrogens with zero attached hydrogens (tertiary/aromatic N) is 2. The van der Waals surface area contributed by atoms with Crippen molar-refractivity contribution >= 4 is 22.8 Å². The molecule has 0 spiro atoms. The van der Waals surface area contributed by atoms with Crippen LogP contribution in [0, 0.1) is 0 Å². The minimum atomic E-state index is -0.980. The molecule has 0 amide bonds. The largest absolute Gasteiger partial charge is 0.478 e. The fourth-order valence-corrected chi connectivity index (χ4v) is 1.46. The van der Waals surface area contributed by atoms with Gasteiger partial charge in [-0.3, -0.25) is 0 Å². The highest BCUT2D eigenvalue weighted by atomic mass is 16.5. The zero-order valence-corrected chi connectivity index (χ0v) is 8.39. The van der Waals surface area contributed by atoms with Crippen molar-refractivity contribution in [2.45, 2.75) is 0 Å². The summed E-state index contributed by atoms with van der Waals surface area (Å²) >= 11 is 0. The highest BCUT2D eigenvalue weighted by molar-refractivity contribution is 6.06. The molecule has 78 valence electrons. The van der Waals surface area contributed by atoms with Crippen molar-refractivity contribution in [3.63, 3.8) is 0 Å². The molecule has 1 aromatic heterocycles. The molecule has 1 aromatic carbocycles. The van der Waals surface area contributed by atoms with E-state index in [4.69, 9.17) is 9.63 Å². The summed E-state index contributed by atoms with van der Waals surface area (Å²) < 4.78 is 5.05. The SMILES string of the molecule is CN(C)c1noc2cccc(C(=O)O)c12. The lowest BCUT2D eigenvalue weighted by Gasteiger charge is -2.07. The first kappa shape index (κ1) is 9.51. The first-order chi connectivity index (χ1) is 7.11. The van der Waals surface area contributed by atoms with Gasteiger partial charge in [0.05, 0.1) is 10.9 Å². The Kier molecular flexibility index (Phi) is 2.07. The Morgan fingerprint density at radius 2 is 2.20 bits per heavy atom. The third kappa shape index (κ3) is 1.41. The molecule has 0 unspecified atom stereocenters. The number of aromatic nitrogens is 1. The third-order valence-electron chi connectivity index (χ3n) is 2.13. The summed E-state index contributed by atoms with van der Waals surface area (Å²) in [5.41, 5.74) is 0.691. The summed E-state index contributed by atoms with van der Waals surface area (Å²) in [5.74, 6) is -0.449. The second kappa shape index (κ2) is 3.27. The molecule has 0 aliphatic carbocycles. The van der Waals surface area contributed by atoms with E-state index in [1.807, 2.05) is 0 Å². The predicted octanol–water partition coefficient (Wildman–Crippen LogP) is 1.59. The Morgan fingerprint density at radius 3 is 2.80 bits per heavy atom. The molecule has 5 nitrogen and oxygen atoms in total. The van der Waals surface area contributed by atoms with Gasteiger partial charge in [-0.05, 0) is 12.1 Å². The zero-order valence-electron chi connectivity index (χ0n) is 8.39. The van der Waals surface area contributed by atoms with Crippen LogP contribution in [-0.2, 0) is 0 Å². The molecule has 0 radical (unpaired) electrons. The van der Waals surface area contributed by atoms with Crippen LogP contribution in [0.3, 0.4) is 0 Å². The fourth-order valence-electron chi connectivity index (χ4n) is 1.46. The Balaban J connectivity index is 2.80. The molecule has 1 N–H and O–H groups in total. The van der Waals surface area contributed by atoms with E-state index in [0.29, 0.717) is 16.8 Å². The number of carbonyl (C=O) groups is 1. The van der Waals surface area contributed by atoms with Crippen molar-refractivity contribution in [1.82, 2.24) is 5.16 Å². The van der Waals surface area contributed by atoms with Crippen molar-refractivity contribution in [2.24, 2.45) is 0 Å². The average molecular weight is 206 g/mol. The first-order valence-electron chi connectivity index (χ1n) is 4.40. The van der Waals surface area contributed by atoms with Gasteiger partial charge in [0.25, 0.3) is 0 Å². The number of carboxylic acids is 1. The van der Waals surface area contributed by atoms with E-state index in [1.165, 1.54) is 6.07 Å². The fraction of sp³-hybridized carbons (Fsp3) is 0.200. The Hall–Kier alpha value is -2.04. The lowest BCUT2D eigenvalue weighted by Crippen LogP contribution is -2.10. The van der Waals surface area contributed by atoms with Crippen LogP contribution in [-0.4, -0.2) is 30.3 Å². The number of hydrogen-bond donors (Lipinski definition) is 1. The zero-order chi connectivity index (χ0) is 11.0. The molecule has 0 saturated carbocycles. The van der Waals surface area contributed by atoms with Gasteiger partial charge in [0, 0.05) is 14.1 Å². The van der Waals surface area contributed by atoms with Gasteiger partial charge in [-0.25, -0.2) is 4.79 Å². The van der Waals surface area contributed by atoms with Crippen LogP contribution in [0.15, 0.2) is 22.7 Å². The maximum atomic E-state index is 11.0. The first-order valence-corrected chi connectivity index (χ1v) is 4.40. The Labute approximate surface area is 85.9 Å². The smallest absolute Gasteiger partial charge is 0.336 e. The van der Waals surface area contributed by atoms with Crippen LogP contribution in [0.5, 0.6) is 0 Å². The summed E-state index contributed by atoms with van der Waals surface area (Å²) in [5, 5.41) is 13.4. The molecule has 2 rings (SSSR count). The van der Waals surface area contributed by atoms with Crippen LogP contribution in [0.1, 0.15) is 10.4 Å². The molecule has 0 bridgehead atoms. The van der Waals surface area contributed by atoms with Crippen LogP contribution in [0.2, 0.25) is 0 Å². The molecule has 5 heteroatoms. The van der Waals surface area contributed by atoms with E-state index >= 15 is 0 Å². The minimum absolute atomic E-state index is 0.206. The number of aromatic carboxylic acids is 1. The number of rotatable bonds is 2. The van der Waals surface area contributed by atoms with Gasteiger partial charge in [0.1, 0.15) is 0 Å². The van der Waals surface area contributed by atoms with Gasteiger partial charge >= 0.3 is 5.97 Å². The molecule has 1 heterocycles. The number of benzene rings is 1. The topological polar surface area (TPSA) is 66.6 Å². The lowest BCUT2D eigenvalue weighted by molar-refractivity contribution is 0.0699. The van der Waals surface area contributed by atoms with Gasteiger partial charge < -0.3 is 14.5 Å². The van der Waals surface area contributed by atoms with Crippen molar-refractivity contribution < 1.29 is 14.4 Å². The van der Waals surface area contributed by atoms with Gasteiger partial charge in [-0.2, -0.15) is 0 Å². The van der Waals surface area contributed by atoms with Gasteiger partial charge in [0.2, 0.25) is 0 Å². The average Bonchev–Trinajstić information content (AvgIpc) is 2.60. The van der Waals surface area contributed by atoms with Gasteiger partial charge in [-0.1, -0.05) is 11.2 Å². The molecule has 0 aliphatic rings. The molecule has 0 fully saturated rings. The normalized spacial score (nSPS) is 10.5. The minimum Gasteiger partial charge on any atom is -0.478 e. The van der Waals surface area contributed by atoms with Crippen molar-refractivity contribution in [1.29, 1.82) is 0 Å². The van der Waals surface area contributed by atoms with E-state index in [2.05, 4.69) is 5.16 Å². The van der Waals surface area contributed by atoms with Crippen LogP contribution >= 0.6 is 0 Å². The Bertz CT molecular complexity index is 516. The molecule has 15 heavy (non-hydrogen) atoms. The van der Waals surface area contributed by atoms with Crippen LogP contribution in [0.4, 0.5) is 5.82 Å². The summed E-state index contributed by atoms with van der Waals surface area (Å²) in [6.07, 6.45) is 0. The predicted molar refractivity (Wildman–Crippen MR) is 55.3 cm³/mol. The highest BCUT2D eigenvalue weighted by Crippen LogP contribution is 2.28. The third-order valence-corrected chi connectivity index (χ3v) is 2.13. The Morgan fingerprint density at radius 1 is 1.47 bits per heavy atom. The molecular formula is C10H10N2O3. The number of anilines is 1. The number of hydrogen-bond acceptors (Lipinski definition) is 4. The standard InChI is InChI=1S/C10H10N2O3/c1-12(2)9-8-6(10(13)14)4-3-5-7(8)15-11-9/h3-5H,1-2H3,(H,13,14). The summed E-state index contributed by atoms with van der Waals surface area (Å²) in [7, 11) is 3.58. The molecule has 0 aliphatic heterocycles. The summed E-state index contributed by atoms with van der Waals surface area (Å²) in [4.78, 5) is 12.7. The summed E-state index contributed by atoms with van der Waals surface area (Å²) in [6, 6.07) is 4.87. The van der Waals surface area contributed by atoms with Gasteiger partial charge in [0.15, 0.2) is 11.4 Å². The van der Waals surface area contributed by atoms with Crippen LogP contribution in [0.25, 0.3) is 11.0 Å². The van der Waals surface area contributed by atoms with E-state index in [0.717, 1.165) is 0 Å². The molecular weight excluding hydrogens is 196 g/mol. The molecule has 0 atom stereocenters. The molecule has 0 saturated heterocycles. The van der Waals surface area contributed by atoms with E-state index in [1.54, 1.807) is 31.1 Å². The highest BCUT2D eigenvalue weighted by Gasteiger charge is 2.17. The molecule has 2 aromatic rings. The van der Waals surface area contributed by atoms with E-state index < -0.39 is 5.97 Å². The van der Waals surface area contributed by atoms with E-state index in [-0.39, 0.29) is 5.56 Å². The monoisotopic (exact) mass is 206 g/mol. The van der Waals surface area contributed by atoms with Crippen molar-refractivity contribution in [3.8, 4) is 0 Å².